The van der Waals surface area contributed by atoms with Crippen LogP contribution < -0.4 is 5.73 Å². The van der Waals surface area contributed by atoms with Crippen LogP contribution >= 0.6 is 0 Å². The Kier molecular flexibility index (Phi) is 6.98. The third-order valence-electron chi connectivity index (χ3n) is 10.4. The van der Waals surface area contributed by atoms with Crippen molar-refractivity contribution in [1.82, 2.24) is 34.4 Å². The Hall–Kier alpha value is -3.08. The van der Waals surface area contributed by atoms with E-state index in [1.807, 2.05) is 4.57 Å². The van der Waals surface area contributed by atoms with E-state index >= 15 is 0 Å². The Labute approximate surface area is 246 Å². The first-order valence-corrected chi connectivity index (χ1v) is 15.7. The fourth-order valence-electron chi connectivity index (χ4n) is 7.45. The van der Waals surface area contributed by atoms with E-state index in [9.17, 15) is 10.2 Å². The first-order chi connectivity index (χ1) is 20.2. The molecule has 3 aliphatic rings. The summed E-state index contributed by atoms with van der Waals surface area (Å²) >= 11 is 0. The van der Waals surface area contributed by atoms with Crippen molar-refractivity contribution < 1.29 is 10.2 Å². The molecule has 42 heavy (non-hydrogen) atoms. The number of rotatable bonds is 8. The molecule has 0 unspecified atom stereocenters. The van der Waals surface area contributed by atoms with Crippen molar-refractivity contribution in [1.29, 1.82) is 0 Å². The number of nitrogens with two attached hydrogens (primary N) is 1. The van der Waals surface area contributed by atoms with Crippen molar-refractivity contribution in [2.45, 2.75) is 108 Å². The molecule has 3 aromatic heterocycles. The van der Waals surface area contributed by atoms with Crippen LogP contribution in [0.3, 0.4) is 0 Å². The van der Waals surface area contributed by atoms with E-state index in [0.717, 1.165) is 36.2 Å². The van der Waals surface area contributed by atoms with E-state index in [1.165, 1.54) is 44.0 Å². The normalized spacial score (nSPS) is 28.5. The molecule has 10 nitrogen and oxygen atoms in total. The molecule has 0 spiro atoms. The van der Waals surface area contributed by atoms with E-state index in [0.29, 0.717) is 41.4 Å². The minimum atomic E-state index is -0.871. The zero-order chi connectivity index (χ0) is 29.2. The topological polar surface area (TPSA) is 142 Å². The lowest BCUT2D eigenvalue weighted by atomic mass is 9.74. The zero-order valence-corrected chi connectivity index (χ0v) is 24.9. The van der Waals surface area contributed by atoms with Crippen LogP contribution in [0.4, 0.5) is 5.82 Å². The van der Waals surface area contributed by atoms with Gasteiger partial charge in [0.25, 0.3) is 0 Å². The first kappa shape index (κ1) is 27.7. The Morgan fingerprint density at radius 2 is 1.86 bits per heavy atom. The van der Waals surface area contributed by atoms with Crippen molar-refractivity contribution in [3.63, 3.8) is 0 Å². The summed E-state index contributed by atoms with van der Waals surface area (Å²) in [5, 5.41) is 22.2. The second-order valence-corrected chi connectivity index (χ2v) is 14.1. The van der Waals surface area contributed by atoms with Crippen LogP contribution in [-0.2, 0) is 11.8 Å². The molecule has 4 atom stereocenters. The number of aryl methyl sites for hydroxylation is 1. The highest BCUT2D eigenvalue weighted by Crippen LogP contribution is 2.43. The number of imidazole rings is 2. The summed E-state index contributed by atoms with van der Waals surface area (Å²) in [5.74, 6) is 2.11. The molecule has 1 aromatic carbocycles. The second kappa shape index (κ2) is 10.6. The molecule has 7 rings (SSSR count). The predicted octanol–water partition coefficient (Wildman–Crippen LogP) is 4.13. The average Bonchev–Trinajstić information content (AvgIpc) is 3.58. The van der Waals surface area contributed by atoms with E-state index in [2.05, 4.69) is 63.8 Å². The van der Waals surface area contributed by atoms with E-state index in [4.69, 9.17) is 10.7 Å². The smallest absolute Gasteiger partial charge is 0.165 e. The third kappa shape index (κ3) is 4.97. The van der Waals surface area contributed by atoms with E-state index < -0.39 is 12.2 Å². The van der Waals surface area contributed by atoms with Crippen molar-refractivity contribution in [3.05, 3.63) is 42.2 Å². The van der Waals surface area contributed by atoms with Gasteiger partial charge in [0.1, 0.15) is 23.8 Å². The highest BCUT2D eigenvalue weighted by molar-refractivity contribution is 5.81. The van der Waals surface area contributed by atoms with Crippen LogP contribution in [0.5, 0.6) is 0 Å². The molecule has 10 heteroatoms. The standard InChI is InChI=1S/C32H44N8O2/c1-32(2,3)20-8-9-23-24(14-20)38-26(37-23)10-7-18-11-22(12-18)39(21-5-4-6-21)15-19-13-25(29(42)28(19)41)40-17-36-27-30(33)34-16-35-31(27)40/h8-9,14,16-19,21-22,25,28-29,41-42H,4-7,10-13,15H2,1-3H3,(H,37,38)(H2,33,34,35)/t18-,19-,22-,25-,28-,29+/m1/s1. The number of aromatic amines is 1. The van der Waals surface area contributed by atoms with Gasteiger partial charge in [-0.1, -0.05) is 33.3 Å². The van der Waals surface area contributed by atoms with Crippen molar-refractivity contribution in [2.24, 2.45) is 11.8 Å². The molecule has 3 aliphatic carbocycles. The number of hydrogen-bond acceptors (Lipinski definition) is 8. The van der Waals surface area contributed by atoms with Crippen LogP contribution in [0.2, 0.25) is 0 Å². The molecule has 3 heterocycles. The van der Waals surface area contributed by atoms with E-state index in [1.54, 1.807) is 6.33 Å². The second-order valence-electron chi connectivity index (χ2n) is 14.1. The largest absolute Gasteiger partial charge is 0.390 e. The van der Waals surface area contributed by atoms with E-state index in [-0.39, 0.29) is 17.4 Å². The quantitative estimate of drug-likeness (QED) is 0.247. The molecule has 5 N–H and O–H groups in total. The predicted molar refractivity (Wildman–Crippen MR) is 163 cm³/mol. The molecule has 3 fully saturated rings. The van der Waals surface area contributed by atoms with Gasteiger partial charge in [-0.2, -0.15) is 0 Å². The summed E-state index contributed by atoms with van der Waals surface area (Å²) in [7, 11) is 0. The minimum absolute atomic E-state index is 0.00479. The lowest BCUT2D eigenvalue weighted by Gasteiger charge is -2.50. The molecule has 0 bridgehead atoms. The first-order valence-electron chi connectivity index (χ1n) is 15.7. The van der Waals surface area contributed by atoms with Crippen molar-refractivity contribution in [3.8, 4) is 0 Å². The van der Waals surface area contributed by atoms with Gasteiger partial charge in [-0.3, -0.25) is 4.90 Å². The number of nitrogens with one attached hydrogen (secondary N) is 1. The maximum absolute atomic E-state index is 11.2. The van der Waals surface area contributed by atoms with Crippen LogP contribution in [0.1, 0.15) is 83.1 Å². The molecular formula is C32H44N8O2. The van der Waals surface area contributed by atoms with Gasteiger partial charge in [-0.15, -0.1) is 0 Å². The SMILES string of the molecule is CC(C)(C)c1ccc2[nH]c(CC[C@H]3C[C@H](N(C[C@H]4C[C@@H](n5cnc6c(N)ncnc65)[C@H](O)[C@@H]4O)C4CCC4)C3)nc2c1. The van der Waals surface area contributed by atoms with Crippen molar-refractivity contribution >= 4 is 28.0 Å². The Morgan fingerprint density at radius 1 is 1.05 bits per heavy atom. The highest BCUT2D eigenvalue weighted by Gasteiger charge is 2.46. The number of anilines is 1. The summed E-state index contributed by atoms with van der Waals surface area (Å²) in [5.41, 5.74) is 10.7. The molecular weight excluding hydrogens is 528 g/mol. The maximum Gasteiger partial charge on any atom is 0.165 e. The average molecular weight is 573 g/mol. The highest BCUT2D eigenvalue weighted by atomic mass is 16.3. The molecule has 0 amide bonds. The number of fused-ring (bicyclic) bond motifs is 2. The van der Waals surface area contributed by atoms with Gasteiger partial charge in [0.15, 0.2) is 11.5 Å². The van der Waals surface area contributed by atoms with Crippen LogP contribution in [0.25, 0.3) is 22.2 Å². The fraction of sp³-hybridized carbons (Fsp3) is 0.625. The molecule has 3 saturated carbocycles. The van der Waals surface area contributed by atoms with Gasteiger partial charge in [0.05, 0.1) is 29.5 Å². The number of benzene rings is 1. The molecule has 0 saturated heterocycles. The number of aromatic nitrogens is 6. The Bertz CT molecular complexity index is 1560. The third-order valence-corrected chi connectivity index (χ3v) is 10.4. The molecule has 4 aromatic rings. The molecule has 0 radical (unpaired) electrons. The summed E-state index contributed by atoms with van der Waals surface area (Å²) in [6.45, 7) is 7.54. The number of aliphatic hydroxyl groups excluding tert-OH is 2. The summed E-state index contributed by atoms with van der Waals surface area (Å²) in [6, 6.07) is 7.45. The van der Waals surface area contributed by atoms with Gasteiger partial charge in [-0.05, 0) is 67.6 Å². The van der Waals surface area contributed by atoms with Gasteiger partial charge >= 0.3 is 0 Å². The lowest BCUT2D eigenvalue weighted by molar-refractivity contribution is -0.0338. The summed E-state index contributed by atoms with van der Waals surface area (Å²) in [6.07, 6.45) is 10.4. The van der Waals surface area contributed by atoms with Gasteiger partial charge in [0, 0.05) is 31.0 Å². The monoisotopic (exact) mass is 572 g/mol. The fourth-order valence-corrected chi connectivity index (χ4v) is 7.45. The number of aliphatic hydroxyl groups is 2. The minimum Gasteiger partial charge on any atom is -0.390 e. The van der Waals surface area contributed by atoms with Crippen LogP contribution in [0, 0.1) is 11.8 Å². The number of hydrogen-bond donors (Lipinski definition) is 4. The Morgan fingerprint density at radius 3 is 2.60 bits per heavy atom. The zero-order valence-electron chi connectivity index (χ0n) is 24.9. The lowest BCUT2D eigenvalue weighted by Crippen LogP contribution is -2.54. The molecule has 224 valence electrons. The molecule has 0 aliphatic heterocycles. The summed E-state index contributed by atoms with van der Waals surface area (Å²) < 4.78 is 1.87. The number of H-pyrrole nitrogens is 1. The van der Waals surface area contributed by atoms with Gasteiger partial charge in [-0.25, -0.2) is 19.9 Å². The Balaban J connectivity index is 0.977. The number of nitrogen functional groups attached to an aromatic ring is 1. The number of nitrogens with zero attached hydrogens (tertiary/aromatic N) is 6. The maximum atomic E-state index is 11.2. The van der Waals surface area contributed by atoms with Gasteiger partial charge in [0.2, 0.25) is 0 Å². The van der Waals surface area contributed by atoms with Crippen LogP contribution in [0.15, 0.2) is 30.9 Å². The summed E-state index contributed by atoms with van der Waals surface area (Å²) in [4.78, 5) is 23.9. The van der Waals surface area contributed by atoms with Crippen molar-refractivity contribution in [2.75, 3.05) is 12.3 Å². The van der Waals surface area contributed by atoms with Gasteiger partial charge < -0.3 is 25.5 Å². The van der Waals surface area contributed by atoms with Crippen LogP contribution in [-0.4, -0.2) is 75.4 Å².